The van der Waals surface area contributed by atoms with Gasteiger partial charge in [-0.1, -0.05) is 38.1 Å². The molecule has 6 nitrogen and oxygen atoms in total. The first-order chi connectivity index (χ1) is 14.9. The number of benzene rings is 3. The van der Waals surface area contributed by atoms with Gasteiger partial charge in [-0.05, 0) is 71.1 Å². The molecule has 0 atom stereocenters. The predicted molar refractivity (Wildman–Crippen MR) is 122 cm³/mol. The third-order valence-electron chi connectivity index (χ3n) is 5.41. The molecule has 3 N–H and O–H groups in total. The van der Waals surface area contributed by atoms with Crippen molar-refractivity contribution in [3.05, 3.63) is 77.4 Å². The molecule has 162 valence electrons. The van der Waals surface area contributed by atoms with Gasteiger partial charge in [-0.25, -0.2) is 10.3 Å². The van der Waals surface area contributed by atoms with Crippen LogP contribution in [-0.2, 0) is 16.2 Å². The fourth-order valence-corrected chi connectivity index (χ4v) is 3.51. The van der Waals surface area contributed by atoms with Crippen LogP contribution in [0.5, 0.6) is 0 Å². The van der Waals surface area contributed by atoms with Crippen LogP contribution in [0.1, 0.15) is 48.2 Å². The molecule has 0 radical (unpaired) electrons. The topological polar surface area (TPSA) is 87.7 Å². The number of amides is 2. The van der Waals surface area contributed by atoms with E-state index < -0.39 is 12.0 Å². The molecule has 0 aliphatic heterocycles. The molecular formula is C24H25ClN2O4. The van der Waals surface area contributed by atoms with Crippen molar-refractivity contribution in [1.82, 2.24) is 5.48 Å². The normalized spacial score (nSPS) is 11.2. The van der Waals surface area contributed by atoms with Gasteiger partial charge in [0.1, 0.15) is 6.61 Å². The molecule has 0 saturated carbocycles. The van der Waals surface area contributed by atoms with Crippen molar-refractivity contribution in [3.8, 4) is 0 Å². The minimum absolute atomic E-state index is 0.123. The zero-order chi connectivity index (χ0) is 22.4. The van der Waals surface area contributed by atoms with Gasteiger partial charge in [-0.2, -0.15) is 0 Å². The van der Waals surface area contributed by atoms with Gasteiger partial charge in [0.05, 0.1) is 4.87 Å². The van der Waals surface area contributed by atoms with Crippen molar-refractivity contribution in [3.63, 3.8) is 0 Å². The Hall–Kier alpha value is -3.09. The summed E-state index contributed by atoms with van der Waals surface area (Å²) in [6.45, 7) is 4.30. The van der Waals surface area contributed by atoms with E-state index in [9.17, 15) is 9.59 Å². The average molecular weight is 441 g/mol. The maximum atomic E-state index is 12.1. The lowest BCUT2D eigenvalue weighted by atomic mass is 9.91. The first-order valence-corrected chi connectivity index (χ1v) is 10.5. The third kappa shape index (κ3) is 5.34. The Morgan fingerprint density at radius 3 is 2.26 bits per heavy atom. The van der Waals surface area contributed by atoms with Gasteiger partial charge in [0.2, 0.25) is 0 Å². The minimum atomic E-state index is -0.626. The van der Waals surface area contributed by atoms with E-state index in [2.05, 4.69) is 31.3 Å². The van der Waals surface area contributed by atoms with Crippen LogP contribution in [0, 0.1) is 0 Å². The lowest BCUT2D eigenvalue weighted by Gasteiger charge is -2.25. The molecule has 0 bridgehead atoms. The molecule has 0 aliphatic rings. The second kappa shape index (κ2) is 9.81. The number of ether oxygens (including phenoxy) is 1. The Kier molecular flexibility index (Phi) is 7.15. The van der Waals surface area contributed by atoms with E-state index in [1.165, 1.54) is 12.1 Å². The van der Waals surface area contributed by atoms with Gasteiger partial charge >= 0.3 is 6.09 Å². The van der Waals surface area contributed by atoms with Gasteiger partial charge < -0.3 is 4.74 Å². The summed E-state index contributed by atoms with van der Waals surface area (Å²) in [4.78, 5) is 23.0. The summed E-state index contributed by atoms with van der Waals surface area (Å²) in [6, 6.07) is 18.2. The average Bonchev–Trinajstić information content (AvgIpc) is 2.81. The molecule has 0 fully saturated rings. The minimum Gasteiger partial charge on any atom is -0.444 e. The Morgan fingerprint density at radius 1 is 0.968 bits per heavy atom. The predicted octanol–water partition coefficient (Wildman–Crippen LogP) is 5.96. The van der Waals surface area contributed by atoms with Crippen molar-refractivity contribution in [2.75, 3.05) is 5.32 Å². The highest BCUT2D eigenvalue weighted by Gasteiger charge is 2.25. The van der Waals surface area contributed by atoms with Gasteiger partial charge in [0.15, 0.2) is 0 Å². The molecule has 3 rings (SSSR count). The number of hydrogen-bond acceptors (Lipinski definition) is 4. The highest BCUT2D eigenvalue weighted by Crippen LogP contribution is 2.37. The first kappa shape index (κ1) is 22.6. The Labute approximate surface area is 186 Å². The molecule has 2 amide bonds. The van der Waals surface area contributed by atoms with Gasteiger partial charge in [-0.3, -0.25) is 15.3 Å². The van der Waals surface area contributed by atoms with Crippen molar-refractivity contribution < 1.29 is 19.5 Å². The Bertz CT molecular complexity index is 1080. The van der Waals surface area contributed by atoms with E-state index in [4.69, 9.17) is 21.5 Å². The van der Waals surface area contributed by atoms with E-state index >= 15 is 0 Å². The Morgan fingerprint density at radius 2 is 1.61 bits per heavy atom. The number of nitrogens with one attached hydrogen (secondary N) is 2. The Balaban J connectivity index is 1.62. The van der Waals surface area contributed by atoms with Crippen LogP contribution < -0.4 is 10.8 Å². The molecule has 0 heterocycles. The summed E-state index contributed by atoms with van der Waals surface area (Å²) >= 11 is 6.75. The zero-order valence-corrected chi connectivity index (χ0v) is 18.2. The van der Waals surface area contributed by atoms with Crippen LogP contribution in [-0.4, -0.2) is 17.2 Å². The van der Waals surface area contributed by atoms with E-state index in [0.717, 1.165) is 34.7 Å². The molecule has 0 spiro atoms. The van der Waals surface area contributed by atoms with E-state index in [-0.39, 0.29) is 17.0 Å². The molecule has 31 heavy (non-hydrogen) atoms. The number of fused-ring (bicyclic) bond motifs is 1. The summed E-state index contributed by atoms with van der Waals surface area (Å²) < 4.78 is 5.30. The molecule has 0 unspecified atom stereocenters. The lowest BCUT2D eigenvalue weighted by molar-refractivity contribution is 0.0706. The van der Waals surface area contributed by atoms with Gasteiger partial charge in [0, 0.05) is 11.3 Å². The number of halogens is 1. The highest BCUT2D eigenvalue weighted by molar-refractivity contribution is 6.24. The van der Waals surface area contributed by atoms with Gasteiger partial charge in [-0.15, -0.1) is 11.6 Å². The molecule has 0 aromatic heterocycles. The van der Waals surface area contributed by atoms with Crippen molar-refractivity contribution in [2.24, 2.45) is 0 Å². The number of rotatable bonds is 7. The molecular weight excluding hydrogens is 416 g/mol. The van der Waals surface area contributed by atoms with E-state index in [1.807, 2.05) is 24.3 Å². The van der Waals surface area contributed by atoms with Crippen LogP contribution >= 0.6 is 11.6 Å². The van der Waals surface area contributed by atoms with Crippen molar-refractivity contribution in [2.45, 2.75) is 38.2 Å². The fourth-order valence-electron chi connectivity index (χ4n) is 3.39. The van der Waals surface area contributed by atoms with Crippen LogP contribution in [0.2, 0.25) is 0 Å². The van der Waals surface area contributed by atoms with E-state index in [0.29, 0.717) is 5.69 Å². The third-order valence-corrected chi connectivity index (χ3v) is 6.16. The lowest BCUT2D eigenvalue weighted by Crippen LogP contribution is -2.18. The van der Waals surface area contributed by atoms with Crippen LogP contribution in [0.15, 0.2) is 60.7 Å². The quantitative estimate of drug-likeness (QED) is 0.240. The van der Waals surface area contributed by atoms with Crippen LogP contribution in [0.4, 0.5) is 10.5 Å². The number of anilines is 1. The monoisotopic (exact) mass is 440 g/mol. The van der Waals surface area contributed by atoms with Gasteiger partial charge in [0.25, 0.3) is 5.91 Å². The summed E-state index contributed by atoms with van der Waals surface area (Å²) in [7, 11) is 0. The number of hydrogen-bond donors (Lipinski definition) is 3. The standard InChI is InChI=1S/C24H25ClN2O4/c1-3-24(25,4-2)20-10-7-18-13-16(5-6-19(18)14-20)15-31-23(29)26-21-11-8-17(9-12-21)22(28)27-30/h5-14,30H,3-4,15H2,1-2H3,(H,26,29)(H,27,28). The summed E-state index contributed by atoms with van der Waals surface area (Å²) in [5.41, 5.74) is 4.27. The van der Waals surface area contributed by atoms with E-state index in [1.54, 1.807) is 17.6 Å². The summed E-state index contributed by atoms with van der Waals surface area (Å²) in [5, 5.41) is 13.4. The van der Waals surface area contributed by atoms with Crippen molar-refractivity contribution >= 4 is 40.1 Å². The summed E-state index contributed by atoms with van der Waals surface area (Å²) in [5.74, 6) is -0.626. The van der Waals surface area contributed by atoms with Crippen LogP contribution in [0.25, 0.3) is 10.8 Å². The summed E-state index contributed by atoms with van der Waals surface area (Å²) in [6.07, 6.45) is 1.11. The second-order valence-electron chi connectivity index (χ2n) is 7.29. The first-order valence-electron chi connectivity index (χ1n) is 10.1. The zero-order valence-electron chi connectivity index (χ0n) is 17.4. The largest absolute Gasteiger partial charge is 0.444 e. The number of alkyl halides is 1. The number of carbonyl (C=O) groups excluding carboxylic acids is 2. The molecule has 0 saturated heterocycles. The maximum Gasteiger partial charge on any atom is 0.411 e. The smallest absolute Gasteiger partial charge is 0.411 e. The number of carbonyl (C=O) groups is 2. The second-order valence-corrected chi connectivity index (χ2v) is 8.01. The fraction of sp³-hybridized carbons (Fsp3) is 0.250. The molecule has 3 aromatic rings. The molecule has 3 aromatic carbocycles. The highest BCUT2D eigenvalue weighted by atomic mass is 35.5. The number of hydroxylamine groups is 1. The maximum absolute atomic E-state index is 12.1. The molecule has 7 heteroatoms. The molecule has 0 aliphatic carbocycles. The SMILES string of the molecule is CCC(Cl)(CC)c1ccc2cc(COC(=O)Nc3ccc(C(=O)NO)cc3)ccc2c1. The van der Waals surface area contributed by atoms with Crippen LogP contribution in [0.3, 0.4) is 0 Å². The van der Waals surface area contributed by atoms with Crippen molar-refractivity contribution in [1.29, 1.82) is 0 Å².